The van der Waals surface area contributed by atoms with Gasteiger partial charge < -0.3 is 10.1 Å². The van der Waals surface area contributed by atoms with Gasteiger partial charge in [-0.1, -0.05) is 43.6 Å². The Morgan fingerprint density at radius 2 is 1.67 bits per heavy atom. The average molecular weight is 429 g/mol. The molecule has 0 radical (unpaired) electrons. The van der Waals surface area contributed by atoms with Gasteiger partial charge in [0.2, 0.25) is 0 Å². The van der Waals surface area contributed by atoms with Crippen molar-refractivity contribution in [3.63, 3.8) is 0 Å². The third kappa shape index (κ3) is 4.21. The molecule has 3 amide bonds. The zero-order valence-electron chi connectivity index (χ0n) is 16.8. The number of ether oxygens (including phenoxy) is 1. The topological polar surface area (TPSA) is 92.8 Å². The number of carbonyl (C=O) groups is 4. The number of aryl methyl sites for hydroxylation is 1. The smallest absolute Gasteiger partial charge is 0.330 e. The Labute approximate surface area is 179 Å². The fourth-order valence-electron chi connectivity index (χ4n) is 3.23. The van der Waals surface area contributed by atoms with E-state index in [1.54, 1.807) is 56.3 Å². The van der Waals surface area contributed by atoms with Crippen molar-refractivity contribution in [2.45, 2.75) is 26.8 Å². The summed E-state index contributed by atoms with van der Waals surface area (Å²) >= 11 is 6.03. The molecule has 0 unspecified atom stereocenters. The maximum absolute atomic E-state index is 12.7. The molecule has 156 valence electrons. The number of halogens is 1. The second-order valence-electron chi connectivity index (χ2n) is 7.33. The van der Waals surface area contributed by atoms with Crippen LogP contribution in [0, 0.1) is 12.8 Å². The number of benzene rings is 2. The van der Waals surface area contributed by atoms with Crippen molar-refractivity contribution in [1.29, 1.82) is 0 Å². The van der Waals surface area contributed by atoms with Crippen LogP contribution in [0.4, 0.5) is 5.69 Å². The van der Waals surface area contributed by atoms with Crippen LogP contribution in [0.1, 0.15) is 40.1 Å². The molecule has 3 rings (SSSR count). The molecule has 2 aromatic carbocycles. The molecule has 0 aromatic heterocycles. The molecule has 0 bridgehead atoms. The van der Waals surface area contributed by atoms with Crippen LogP contribution in [0.2, 0.25) is 5.02 Å². The summed E-state index contributed by atoms with van der Waals surface area (Å²) in [5, 5.41) is 3.08. The van der Waals surface area contributed by atoms with E-state index in [1.807, 2.05) is 6.92 Å². The number of carbonyl (C=O) groups excluding carboxylic acids is 4. The van der Waals surface area contributed by atoms with Crippen LogP contribution in [-0.2, 0) is 14.3 Å². The van der Waals surface area contributed by atoms with E-state index in [1.165, 1.54) is 0 Å². The Morgan fingerprint density at radius 3 is 2.20 bits per heavy atom. The largest absolute Gasteiger partial charge is 0.454 e. The maximum Gasteiger partial charge on any atom is 0.330 e. The highest BCUT2D eigenvalue weighted by Crippen LogP contribution is 2.27. The van der Waals surface area contributed by atoms with Gasteiger partial charge in [0.1, 0.15) is 6.04 Å². The Hall–Kier alpha value is -3.19. The van der Waals surface area contributed by atoms with Crippen LogP contribution in [0.5, 0.6) is 0 Å². The molecule has 0 aliphatic carbocycles. The van der Waals surface area contributed by atoms with E-state index in [0.717, 1.165) is 10.5 Å². The van der Waals surface area contributed by atoms with Crippen molar-refractivity contribution in [1.82, 2.24) is 4.90 Å². The lowest BCUT2D eigenvalue weighted by Gasteiger charge is -2.27. The number of esters is 1. The molecule has 0 spiro atoms. The molecule has 1 N–H and O–H groups in total. The number of rotatable bonds is 6. The number of hydrogen-bond donors (Lipinski definition) is 1. The van der Waals surface area contributed by atoms with Crippen LogP contribution < -0.4 is 5.32 Å². The molecule has 0 saturated carbocycles. The quantitative estimate of drug-likeness (QED) is 0.562. The van der Waals surface area contributed by atoms with Crippen LogP contribution in [0.3, 0.4) is 0 Å². The van der Waals surface area contributed by atoms with E-state index in [-0.39, 0.29) is 11.1 Å². The Morgan fingerprint density at radius 1 is 1.07 bits per heavy atom. The first-order chi connectivity index (χ1) is 14.2. The van der Waals surface area contributed by atoms with Crippen molar-refractivity contribution in [2.24, 2.45) is 5.92 Å². The number of hydrogen-bond acceptors (Lipinski definition) is 5. The molecule has 2 aromatic rings. The summed E-state index contributed by atoms with van der Waals surface area (Å²) in [5.74, 6) is -2.89. The SMILES string of the molecule is Cc1ccc(NC(=O)COC(=O)[C@H](C(C)C)N2C(=O)c3ccccc3C2=O)cc1Cl. The van der Waals surface area contributed by atoms with Crippen LogP contribution in [-0.4, -0.2) is 41.2 Å². The Balaban J connectivity index is 1.68. The number of nitrogens with zero attached hydrogens (tertiary/aromatic N) is 1. The number of fused-ring (bicyclic) bond motifs is 1. The van der Waals surface area contributed by atoms with E-state index in [4.69, 9.17) is 16.3 Å². The monoisotopic (exact) mass is 428 g/mol. The van der Waals surface area contributed by atoms with Crippen LogP contribution >= 0.6 is 11.6 Å². The van der Waals surface area contributed by atoms with Gasteiger partial charge in [-0.15, -0.1) is 0 Å². The molecule has 1 aliphatic rings. The molecule has 30 heavy (non-hydrogen) atoms. The summed E-state index contributed by atoms with van der Waals surface area (Å²) in [6, 6.07) is 10.3. The van der Waals surface area contributed by atoms with E-state index >= 15 is 0 Å². The highest BCUT2D eigenvalue weighted by Gasteiger charge is 2.44. The third-order valence-electron chi connectivity index (χ3n) is 4.78. The lowest BCUT2D eigenvalue weighted by Crippen LogP contribution is -2.49. The van der Waals surface area contributed by atoms with E-state index < -0.39 is 42.3 Å². The lowest BCUT2D eigenvalue weighted by atomic mass is 10.0. The molecular formula is C22H21ClN2O5. The molecule has 1 heterocycles. The first-order valence-electron chi connectivity index (χ1n) is 9.40. The summed E-state index contributed by atoms with van der Waals surface area (Å²) in [6.45, 7) is 4.67. The lowest BCUT2D eigenvalue weighted by molar-refractivity contribution is -0.152. The zero-order valence-corrected chi connectivity index (χ0v) is 17.5. The van der Waals surface area contributed by atoms with Gasteiger partial charge in [-0.25, -0.2) is 4.79 Å². The molecule has 0 saturated heterocycles. The van der Waals surface area contributed by atoms with E-state index in [9.17, 15) is 19.2 Å². The van der Waals surface area contributed by atoms with Crippen LogP contribution in [0.15, 0.2) is 42.5 Å². The number of nitrogens with one attached hydrogen (secondary N) is 1. The molecule has 1 aliphatic heterocycles. The number of anilines is 1. The fraction of sp³-hybridized carbons (Fsp3) is 0.273. The van der Waals surface area contributed by atoms with Gasteiger partial charge in [0.05, 0.1) is 11.1 Å². The van der Waals surface area contributed by atoms with E-state index in [2.05, 4.69) is 5.32 Å². The van der Waals surface area contributed by atoms with Crippen molar-refractivity contribution in [3.05, 3.63) is 64.2 Å². The molecular weight excluding hydrogens is 408 g/mol. The summed E-state index contributed by atoms with van der Waals surface area (Å²) in [6.07, 6.45) is 0. The standard InChI is InChI=1S/C22H21ClN2O5/c1-12(2)19(25-20(27)15-6-4-5-7-16(15)21(25)28)22(29)30-11-18(26)24-14-9-8-13(3)17(23)10-14/h4-10,12,19H,11H2,1-3H3,(H,24,26)/t19-/m0/s1. The van der Waals surface area contributed by atoms with Gasteiger partial charge in [0.25, 0.3) is 17.7 Å². The van der Waals surface area contributed by atoms with Gasteiger partial charge in [0, 0.05) is 10.7 Å². The van der Waals surface area contributed by atoms with Crippen molar-refractivity contribution < 1.29 is 23.9 Å². The third-order valence-corrected chi connectivity index (χ3v) is 5.18. The molecule has 1 atom stereocenters. The normalized spacial score (nSPS) is 14.0. The highest BCUT2D eigenvalue weighted by atomic mass is 35.5. The Kier molecular flexibility index (Phi) is 6.22. The predicted molar refractivity (Wildman–Crippen MR) is 111 cm³/mol. The average Bonchev–Trinajstić information content (AvgIpc) is 2.95. The minimum atomic E-state index is -1.14. The number of imide groups is 1. The summed E-state index contributed by atoms with van der Waals surface area (Å²) in [4.78, 5) is 51.2. The van der Waals surface area contributed by atoms with Gasteiger partial charge in [-0.2, -0.15) is 0 Å². The second kappa shape index (κ2) is 8.67. The van der Waals surface area contributed by atoms with Crippen molar-refractivity contribution in [3.8, 4) is 0 Å². The summed E-state index contributed by atoms with van der Waals surface area (Å²) < 4.78 is 5.13. The number of amides is 3. The molecule has 0 fully saturated rings. The van der Waals surface area contributed by atoms with E-state index in [0.29, 0.717) is 10.7 Å². The van der Waals surface area contributed by atoms with Gasteiger partial charge in [0.15, 0.2) is 6.61 Å². The Bertz CT molecular complexity index is 999. The van der Waals surface area contributed by atoms with Gasteiger partial charge >= 0.3 is 5.97 Å². The molecule has 7 nitrogen and oxygen atoms in total. The first-order valence-corrected chi connectivity index (χ1v) is 9.78. The maximum atomic E-state index is 12.7. The molecule has 8 heteroatoms. The van der Waals surface area contributed by atoms with Crippen molar-refractivity contribution >= 4 is 41.0 Å². The first kappa shape index (κ1) is 21.5. The van der Waals surface area contributed by atoms with Gasteiger partial charge in [-0.3, -0.25) is 19.3 Å². The van der Waals surface area contributed by atoms with Crippen LogP contribution in [0.25, 0.3) is 0 Å². The summed E-state index contributed by atoms with van der Waals surface area (Å²) in [5.41, 5.74) is 1.82. The predicted octanol–water partition coefficient (Wildman–Crippen LogP) is 3.45. The summed E-state index contributed by atoms with van der Waals surface area (Å²) in [7, 11) is 0. The second-order valence-corrected chi connectivity index (χ2v) is 7.74. The zero-order chi connectivity index (χ0) is 22.0. The minimum Gasteiger partial charge on any atom is -0.454 e. The van der Waals surface area contributed by atoms with Crippen molar-refractivity contribution in [2.75, 3.05) is 11.9 Å². The van der Waals surface area contributed by atoms with Gasteiger partial charge in [-0.05, 0) is 42.7 Å². The highest BCUT2D eigenvalue weighted by molar-refractivity contribution is 6.31. The minimum absolute atomic E-state index is 0.245. The fourth-order valence-corrected chi connectivity index (χ4v) is 3.41.